The lowest BCUT2D eigenvalue weighted by molar-refractivity contribution is -0.00000672. The largest absolute Gasteiger partial charge is 1.00 e. The first kappa shape index (κ1) is 17.2. The Hall–Kier alpha value is -0.810. The average Bonchev–Trinajstić information content (AvgIpc) is 2.77. The topological polar surface area (TPSA) is 45.4 Å². The van der Waals surface area contributed by atoms with E-state index in [4.69, 9.17) is 4.42 Å². The molecule has 0 bridgehead atoms. The first-order valence-corrected chi connectivity index (χ1v) is 7.09. The van der Waals surface area contributed by atoms with Gasteiger partial charge in [-0.1, -0.05) is 15.9 Å². The van der Waals surface area contributed by atoms with Crippen LogP contribution in [-0.4, -0.2) is 17.8 Å². The van der Waals surface area contributed by atoms with E-state index in [9.17, 15) is 5.11 Å². The van der Waals surface area contributed by atoms with Gasteiger partial charge in [-0.3, -0.25) is 0 Å². The van der Waals surface area contributed by atoms with Crippen LogP contribution >= 0.6 is 15.9 Å². The molecule has 1 aromatic heterocycles. The van der Waals surface area contributed by atoms with Crippen molar-refractivity contribution in [2.45, 2.75) is 26.5 Å². The van der Waals surface area contributed by atoms with Gasteiger partial charge in [0.15, 0.2) is 0 Å². The van der Waals surface area contributed by atoms with Gasteiger partial charge in [-0.25, -0.2) is 0 Å². The summed E-state index contributed by atoms with van der Waals surface area (Å²) >= 11 is 3.46. The highest BCUT2D eigenvalue weighted by atomic mass is 79.9. The van der Waals surface area contributed by atoms with Crippen molar-refractivity contribution in [2.75, 3.05) is 6.54 Å². The minimum absolute atomic E-state index is 0. The Labute approximate surface area is 133 Å². The van der Waals surface area contributed by atoms with Crippen LogP contribution in [-0.2, 0) is 6.54 Å². The molecule has 0 radical (unpaired) electrons. The van der Waals surface area contributed by atoms with Crippen LogP contribution in [0.3, 0.4) is 0 Å². The van der Waals surface area contributed by atoms with Crippen LogP contribution in [0.4, 0.5) is 0 Å². The van der Waals surface area contributed by atoms with Crippen LogP contribution in [0.2, 0.25) is 0 Å². The smallest absolute Gasteiger partial charge is 0.134 e. The Bertz CT molecular complexity index is 555. The second-order valence-electron chi connectivity index (χ2n) is 4.71. The fourth-order valence-electron chi connectivity index (χ4n) is 1.93. The lowest BCUT2D eigenvalue weighted by atomic mass is 10.1. The number of halogens is 2. The first-order chi connectivity index (χ1) is 9.06. The maximum absolute atomic E-state index is 9.18. The fourth-order valence-corrected chi connectivity index (χ4v) is 2.40. The number of aryl methyl sites for hydroxylation is 1. The molecule has 0 spiro atoms. The molecule has 2 N–H and O–H groups in total. The van der Waals surface area contributed by atoms with Crippen LogP contribution in [0.25, 0.3) is 11.3 Å². The average molecular weight is 360 g/mol. The van der Waals surface area contributed by atoms with E-state index in [1.807, 2.05) is 24.3 Å². The number of hydrogen-bond acceptors (Lipinski definition) is 3. The number of aliphatic hydroxyl groups is 1. The third-order valence-corrected chi connectivity index (χ3v) is 3.35. The summed E-state index contributed by atoms with van der Waals surface area (Å²) in [7, 11) is 0. The molecule has 0 saturated carbocycles. The molecule has 5 heteroatoms. The minimum atomic E-state index is -0.344. The summed E-state index contributed by atoms with van der Waals surface area (Å²) in [5, 5.41) is 12.3. The molecule has 0 fully saturated rings. The molecule has 0 aliphatic heterocycles. The highest BCUT2D eigenvalue weighted by Crippen LogP contribution is 2.27. The summed E-state index contributed by atoms with van der Waals surface area (Å²) in [4.78, 5) is 0. The van der Waals surface area contributed by atoms with Crippen molar-refractivity contribution in [3.8, 4) is 11.3 Å². The van der Waals surface area contributed by atoms with Crippen molar-refractivity contribution < 1.29 is 21.9 Å². The molecule has 0 amide bonds. The monoisotopic (exact) mass is 358 g/mol. The summed E-state index contributed by atoms with van der Waals surface area (Å²) in [6.07, 6.45) is -0.344. The number of furan rings is 1. The quantitative estimate of drug-likeness (QED) is 0.817. The molecule has 1 unspecified atom stereocenters. The SMILES string of the molecule is Cc1cc(Br)ccc1-c1ccc(CNCC(C)O)o1.[Cl-]. The maximum Gasteiger partial charge on any atom is 0.134 e. The van der Waals surface area contributed by atoms with E-state index in [0.717, 1.165) is 21.6 Å². The summed E-state index contributed by atoms with van der Waals surface area (Å²) in [5.41, 5.74) is 2.28. The van der Waals surface area contributed by atoms with Gasteiger partial charge in [0.05, 0.1) is 12.6 Å². The molecule has 20 heavy (non-hydrogen) atoms. The molecule has 0 aliphatic carbocycles. The Kier molecular flexibility index (Phi) is 6.76. The number of aliphatic hydroxyl groups excluding tert-OH is 1. The predicted octanol–water partition coefficient (Wildman–Crippen LogP) is 0.492. The van der Waals surface area contributed by atoms with Gasteiger partial charge in [-0.05, 0) is 49.7 Å². The number of nitrogens with one attached hydrogen (secondary N) is 1. The lowest BCUT2D eigenvalue weighted by Crippen LogP contribution is -3.00. The van der Waals surface area contributed by atoms with Crippen molar-refractivity contribution in [1.29, 1.82) is 0 Å². The van der Waals surface area contributed by atoms with E-state index < -0.39 is 0 Å². The number of benzene rings is 1. The van der Waals surface area contributed by atoms with Gasteiger partial charge in [-0.15, -0.1) is 0 Å². The van der Waals surface area contributed by atoms with E-state index in [-0.39, 0.29) is 18.5 Å². The molecule has 2 aromatic rings. The molecule has 0 aliphatic rings. The zero-order valence-corrected chi connectivity index (χ0v) is 13.8. The lowest BCUT2D eigenvalue weighted by Gasteiger charge is -2.05. The Morgan fingerprint density at radius 2 is 2.05 bits per heavy atom. The van der Waals surface area contributed by atoms with Crippen molar-refractivity contribution in [3.63, 3.8) is 0 Å². The molecule has 3 nitrogen and oxygen atoms in total. The zero-order valence-electron chi connectivity index (χ0n) is 11.5. The number of hydrogen-bond donors (Lipinski definition) is 2. The molecule has 2 rings (SSSR count). The van der Waals surface area contributed by atoms with Crippen LogP contribution in [0, 0.1) is 6.92 Å². The van der Waals surface area contributed by atoms with Crippen LogP contribution in [0.5, 0.6) is 0 Å². The van der Waals surface area contributed by atoms with Crippen LogP contribution in [0.1, 0.15) is 18.2 Å². The van der Waals surface area contributed by atoms with Gasteiger partial charge >= 0.3 is 0 Å². The molecule has 0 saturated heterocycles. The highest BCUT2D eigenvalue weighted by Gasteiger charge is 2.08. The molecular weight excluding hydrogens is 342 g/mol. The molecule has 110 valence electrons. The molecule has 1 atom stereocenters. The Morgan fingerprint density at radius 1 is 1.30 bits per heavy atom. The summed E-state index contributed by atoms with van der Waals surface area (Å²) < 4.78 is 6.88. The van der Waals surface area contributed by atoms with Gasteiger partial charge in [0.1, 0.15) is 11.5 Å². The first-order valence-electron chi connectivity index (χ1n) is 6.30. The normalized spacial score (nSPS) is 12.0. The fraction of sp³-hybridized carbons (Fsp3) is 0.333. The minimum Gasteiger partial charge on any atom is -1.00 e. The van der Waals surface area contributed by atoms with E-state index in [1.54, 1.807) is 6.92 Å². The summed E-state index contributed by atoms with van der Waals surface area (Å²) in [5.74, 6) is 1.75. The second-order valence-corrected chi connectivity index (χ2v) is 5.62. The van der Waals surface area contributed by atoms with Crippen molar-refractivity contribution in [3.05, 3.63) is 46.1 Å². The van der Waals surface area contributed by atoms with E-state index in [0.29, 0.717) is 13.1 Å². The van der Waals surface area contributed by atoms with Crippen LogP contribution < -0.4 is 17.7 Å². The van der Waals surface area contributed by atoms with Crippen molar-refractivity contribution >= 4 is 15.9 Å². The second kappa shape index (κ2) is 7.84. The Morgan fingerprint density at radius 3 is 2.70 bits per heavy atom. The van der Waals surface area contributed by atoms with Gasteiger partial charge in [0.25, 0.3) is 0 Å². The summed E-state index contributed by atoms with van der Waals surface area (Å²) in [6, 6.07) is 10.1. The van der Waals surface area contributed by atoms with Gasteiger partial charge in [-0.2, -0.15) is 0 Å². The molecular formula is C15H18BrClNO2-. The van der Waals surface area contributed by atoms with E-state index >= 15 is 0 Å². The highest BCUT2D eigenvalue weighted by molar-refractivity contribution is 9.10. The van der Waals surface area contributed by atoms with Gasteiger partial charge in [0, 0.05) is 16.6 Å². The standard InChI is InChI=1S/C15H18BrNO2.ClH/c1-10-7-12(16)3-5-14(10)15-6-4-13(19-15)9-17-8-11(2)18;/h3-7,11,17-18H,8-9H2,1-2H3;1H/p-1. The molecule has 1 heterocycles. The van der Waals surface area contributed by atoms with Gasteiger partial charge in [0.2, 0.25) is 0 Å². The predicted molar refractivity (Wildman–Crippen MR) is 80.0 cm³/mol. The Balaban J connectivity index is 0.00000200. The van der Waals surface area contributed by atoms with E-state index in [2.05, 4.69) is 34.2 Å². The van der Waals surface area contributed by atoms with Crippen molar-refractivity contribution in [1.82, 2.24) is 5.32 Å². The van der Waals surface area contributed by atoms with E-state index in [1.165, 1.54) is 5.56 Å². The third kappa shape index (κ3) is 4.63. The molecule has 1 aromatic carbocycles. The van der Waals surface area contributed by atoms with Gasteiger partial charge < -0.3 is 27.2 Å². The number of rotatable bonds is 5. The zero-order chi connectivity index (χ0) is 13.8. The maximum atomic E-state index is 9.18. The van der Waals surface area contributed by atoms with Crippen molar-refractivity contribution in [2.24, 2.45) is 0 Å². The van der Waals surface area contributed by atoms with Crippen LogP contribution in [0.15, 0.2) is 39.2 Å². The third-order valence-electron chi connectivity index (χ3n) is 2.85. The summed E-state index contributed by atoms with van der Waals surface area (Å²) in [6.45, 7) is 5.01.